The fourth-order valence-electron chi connectivity index (χ4n) is 2.91. The molecule has 9 heteroatoms. The van der Waals surface area contributed by atoms with Gasteiger partial charge in [-0.05, 0) is 12.1 Å². The summed E-state index contributed by atoms with van der Waals surface area (Å²) in [5.41, 5.74) is 0.265. The largest absolute Gasteiger partial charge is 0.474 e. The molecule has 3 aromatic heterocycles. The Kier molecular flexibility index (Phi) is 4.73. The zero-order valence-electron chi connectivity index (χ0n) is 14.7. The molecule has 0 bridgehead atoms. The Labute approximate surface area is 154 Å². The predicted molar refractivity (Wildman–Crippen MR) is 92.3 cm³/mol. The summed E-state index contributed by atoms with van der Waals surface area (Å²) in [6, 6.07) is 7.04. The van der Waals surface area contributed by atoms with Gasteiger partial charge < -0.3 is 23.3 Å². The van der Waals surface area contributed by atoms with E-state index >= 15 is 0 Å². The maximum absolute atomic E-state index is 12.6. The van der Waals surface area contributed by atoms with Gasteiger partial charge in [0.15, 0.2) is 11.5 Å². The van der Waals surface area contributed by atoms with Crippen LogP contribution in [0.4, 0.5) is 0 Å². The van der Waals surface area contributed by atoms with Crippen molar-refractivity contribution in [2.45, 2.75) is 18.9 Å². The number of nitrogens with zero attached hydrogens (tertiary/aromatic N) is 4. The van der Waals surface area contributed by atoms with Gasteiger partial charge in [0.1, 0.15) is 6.10 Å². The van der Waals surface area contributed by atoms with E-state index in [2.05, 4.69) is 15.1 Å². The standard InChI is InChI=1S/C18H18N4O5/c1-24-18-19-7-4-16(20-18)26-12-5-8-22(9-6-12)17(23)13-11-15(27-21-13)14-3-2-10-25-14/h2-4,7,10-12H,5-6,8-9H2,1H3. The molecule has 0 aliphatic carbocycles. The number of ether oxygens (including phenoxy) is 2. The smallest absolute Gasteiger partial charge is 0.319 e. The number of furan rings is 1. The third-order valence-corrected chi connectivity index (χ3v) is 4.30. The Balaban J connectivity index is 1.34. The minimum absolute atomic E-state index is 0.0235. The van der Waals surface area contributed by atoms with Crippen LogP contribution in [0.1, 0.15) is 23.3 Å². The number of likely N-dealkylation sites (tertiary alicyclic amines) is 1. The number of rotatable bonds is 5. The second kappa shape index (κ2) is 7.48. The Bertz CT molecular complexity index is 900. The molecule has 1 amide bonds. The van der Waals surface area contributed by atoms with Crippen LogP contribution in [0, 0.1) is 0 Å². The maximum Gasteiger partial charge on any atom is 0.319 e. The van der Waals surface area contributed by atoms with Gasteiger partial charge in [-0.3, -0.25) is 4.79 Å². The van der Waals surface area contributed by atoms with Gasteiger partial charge in [0.2, 0.25) is 11.6 Å². The second-order valence-corrected chi connectivity index (χ2v) is 6.04. The highest BCUT2D eigenvalue weighted by Gasteiger charge is 2.27. The van der Waals surface area contributed by atoms with Crippen LogP contribution in [0.15, 0.2) is 45.7 Å². The average Bonchev–Trinajstić information content (AvgIpc) is 3.40. The molecular formula is C18H18N4O5. The van der Waals surface area contributed by atoms with Gasteiger partial charge in [-0.15, -0.1) is 0 Å². The number of hydrogen-bond acceptors (Lipinski definition) is 8. The van der Waals surface area contributed by atoms with Crippen LogP contribution in [0.3, 0.4) is 0 Å². The maximum atomic E-state index is 12.6. The number of carbonyl (C=O) groups excluding carboxylic acids is 1. The van der Waals surface area contributed by atoms with Crippen LogP contribution in [0.5, 0.6) is 11.9 Å². The summed E-state index contributed by atoms with van der Waals surface area (Å²) in [4.78, 5) is 22.5. The number of aromatic nitrogens is 3. The minimum Gasteiger partial charge on any atom is -0.474 e. The SMILES string of the molecule is COc1nccc(OC2CCN(C(=O)c3cc(-c4ccco4)on3)CC2)n1. The van der Waals surface area contributed by atoms with E-state index in [0.29, 0.717) is 43.3 Å². The summed E-state index contributed by atoms with van der Waals surface area (Å²) in [5, 5.41) is 3.86. The summed E-state index contributed by atoms with van der Waals surface area (Å²) in [6.07, 6.45) is 4.49. The Morgan fingerprint density at radius 2 is 2.11 bits per heavy atom. The van der Waals surface area contributed by atoms with Crippen LogP contribution in [0.2, 0.25) is 0 Å². The highest BCUT2D eigenvalue weighted by molar-refractivity contribution is 5.93. The zero-order valence-corrected chi connectivity index (χ0v) is 14.7. The molecule has 1 aliphatic heterocycles. The highest BCUT2D eigenvalue weighted by Crippen LogP contribution is 2.23. The molecule has 0 spiro atoms. The predicted octanol–water partition coefficient (Wildman–Crippen LogP) is 2.42. The normalized spacial score (nSPS) is 14.9. The molecule has 4 rings (SSSR count). The zero-order chi connectivity index (χ0) is 18.6. The number of amides is 1. The third-order valence-electron chi connectivity index (χ3n) is 4.30. The molecule has 3 aromatic rings. The van der Waals surface area contributed by atoms with E-state index in [9.17, 15) is 4.79 Å². The summed E-state index contributed by atoms with van der Waals surface area (Å²) in [7, 11) is 1.50. The molecule has 0 aromatic carbocycles. The van der Waals surface area contributed by atoms with Gasteiger partial charge in [0.25, 0.3) is 5.91 Å². The lowest BCUT2D eigenvalue weighted by atomic mass is 10.1. The highest BCUT2D eigenvalue weighted by atomic mass is 16.5. The van der Waals surface area contributed by atoms with Crippen molar-refractivity contribution in [1.82, 2.24) is 20.0 Å². The first-order valence-corrected chi connectivity index (χ1v) is 8.56. The molecule has 140 valence electrons. The van der Waals surface area contributed by atoms with Gasteiger partial charge in [-0.25, -0.2) is 4.98 Å². The van der Waals surface area contributed by atoms with Gasteiger partial charge in [-0.2, -0.15) is 4.98 Å². The molecule has 1 aliphatic rings. The molecule has 27 heavy (non-hydrogen) atoms. The molecule has 9 nitrogen and oxygen atoms in total. The van der Waals surface area contributed by atoms with Gasteiger partial charge in [-0.1, -0.05) is 5.16 Å². The van der Waals surface area contributed by atoms with Crippen molar-refractivity contribution < 1.29 is 23.2 Å². The Morgan fingerprint density at radius 1 is 1.26 bits per heavy atom. The van der Waals surface area contributed by atoms with Crippen molar-refractivity contribution >= 4 is 5.91 Å². The lowest BCUT2D eigenvalue weighted by Crippen LogP contribution is -2.42. The van der Waals surface area contributed by atoms with Crippen LogP contribution >= 0.6 is 0 Å². The van der Waals surface area contributed by atoms with Gasteiger partial charge in [0, 0.05) is 44.3 Å². The van der Waals surface area contributed by atoms with Crippen molar-refractivity contribution in [2.24, 2.45) is 0 Å². The average molecular weight is 370 g/mol. The van der Waals surface area contributed by atoms with E-state index in [4.69, 9.17) is 18.4 Å². The summed E-state index contributed by atoms with van der Waals surface area (Å²) in [5.74, 6) is 1.26. The number of piperidine rings is 1. The van der Waals surface area contributed by atoms with E-state index in [1.165, 1.54) is 13.4 Å². The second-order valence-electron chi connectivity index (χ2n) is 6.04. The quantitative estimate of drug-likeness (QED) is 0.674. The molecule has 0 N–H and O–H groups in total. The fourth-order valence-corrected chi connectivity index (χ4v) is 2.91. The van der Waals surface area contributed by atoms with E-state index in [0.717, 1.165) is 0 Å². The van der Waals surface area contributed by atoms with Crippen LogP contribution in [-0.2, 0) is 0 Å². The minimum atomic E-state index is -0.168. The van der Waals surface area contributed by atoms with Crippen molar-refractivity contribution in [2.75, 3.05) is 20.2 Å². The van der Waals surface area contributed by atoms with E-state index in [-0.39, 0.29) is 23.7 Å². The summed E-state index contributed by atoms with van der Waals surface area (Å²) < 4.78 is 21.3. The monoisotopic (exact) mass is 370 g/mol. The van der Waals surface area contributed by atoms with Crippen LogP contribution in [0.25, 0.3) is 11.5 Å². The molecule has 0 radical (unpaired) electrons. The first-order valence-electron chi connectivity index (χ1n) is 8.56. The molecule has 0 unspecified atom stereocenters. The Morgan fingerprint density at radius 3 is 2.85 bits per heavy atom. The number of methoxy groups -OCH3 is 1. The van der Waals surface area contributed by atoms with Crippen molar-refractivity contribution in [3.8, 4) is 23.4 Å². The van der Waals surface area contributed by atoms with Crippen LogP contribution in [-0.4, -0.2) is 52.2 Å². The van der Waals surface area contributed by atoms with Gasteiger partial charge in [0.05, 0.1) is 13.4 Å². The Hall–Kier alpha value is -3.36. The van der Waals surface area contributed by atoms with E-state index in [1.807, 2.05) is 0 Å². The first kappa shape index (κ1) is 17.1. The summed E-state index contributed by atoms with van der Waals surface area (Å²) in [6.45, 7) is 1.13. The molecular weight excluding hydrogens is 352 g/mol. The molecule has 1 saturated heterocycles. The van der Waals surface area contributed by atoms with Crippen molar-refractivity contribution in [3.63, 3.8) is 0 Å². The molecule has 1 fully saturated rings. The molecule has 0 atom stereocenters. The number of carbonyl (C=O) groups is 1. The van der Waals surface area contributed by atoms with E-state index in [1.54, 1.807) is 35.4 Å². The molecule has 4 heterocycles. The molecule has 0 saturated carbocycles. The van der Waals surface area contributed by atoms with Crippen molar-refractivity contribution in [3.05, 3.63) is 42.4 Å². The summed E-state index contributed by atoms with van der Waals surface area (Å²) >= 11 is 0. The lowest BCUT2D eigenvalue weighted by molar-refractivity contribution is 0.0577. The van der Waals surface area contributed by atoms with Gasteiger partial charge >= 0.3 is 6.01 Å². The number of hydrogen-bond donors (Lipinski definition) is 0. The third kappa shape index (κ3) is 3.76. The fraction of sp³-hybridized carbons (Fsp3) is 0.333. The first-order chi connectivity index (χ1) is 13.2. The topological polar surface area (TPSA) is 104 Å². The van der Waals surface area contributed by atoms with E-state index < -0.39 is 0 Å². The van der Waals surface area contributed by atoms with Crippen LogP contribution < -0.4 is 9.47 Å². The van der Waals surface area contributed by atoms with Crippen molar-refractivity contribution in [1.29, 1.82) is 0 Å². The lowest BCUT2D eigenvalue weighted by Gasteiger charge is -2.31.